The number of nitrogens with one attached hydrogen (secondary N) is 1. The molecular formula is C19H25N3O3. The summed E-state index contributed by atoms with van der Waals surface area (Å²) in [5, 5.41) is 3.09. The molecule has 2 saturated heterocycles. The molecule has 1 aromatic carbocycles. The monoisotopic (exact) mass is 343 g/mol. The molecule has 134 valence electrons. The average Bonchev–Trinajstić information content (AvgIpc) is 3.31. The average molecular weight is 343 g/mol. The Morgan fingerprint density at radius 1 is 1.28 bits per heavy atom. The van der Waals surface area contributed by atoms with Crippen LogP contribution in [0.2, 0.25) is 0 Å². The second-order valence-corrected chi connectivity index (χ2v) is 7.07. The lowest BCUT2D eigenvalue weighted by Gasteiger charge is -2.32. The number of likely N-dealkylation sites (tertiary alicyclic amines) is 1. The van der Waals surface area contributed by atoms with Crippen LogP contribution in [0.4, 0.5) is 4.79 Å². The van der Waals surface area contributed by atoms with Gasteiger partial charge in [-0.1, -0.05) is 12.1 Å². The Morgan fingerprint density at radius 3 is 2.80 bits per heavy atom. The highest BCUT2D eigenvalue weighted by molar-refractivity contribution is 5.75. The van der Waals surface area contributed by atoms with E-state index >= 15 is 0 Å². The van der Waals surface area contributed by atoms with Gasteiger partial charge in [0.1, 0.15) is 5.52 Å². The van der Waals surface area contributed by atoms with Crippen LogP contribution in [-0.2, 0) is 4.74 Å². The highest BCUT2D eigenvalue weighted by Gasteiger charge is 2.29. The predicted octanol–water partition coefficient (Wildman–Crippen LogP) is 3.28. The van der Waals surface area contributed by atoms with Crippen molar-refractivity contribution in [3.8, 4) is 0 Å². The Labute approximate surface area is 147 Å². The number of piperidine rings is 1. The number of para-hydroxylation sites is 2. The van der Waals surface area contributed by atoms with Crippen molar-refractivity contribution in [1.29, 1.82) is 0 Å². The van der Waals surface area contributed by atoms with Crippen LogP contribution >= 0.6 is 0 Å². The molecule has 2 aliphatic heterocycles. The summed E-state index contributed by atoms with van der Waals surface area (Å²) in [7, 11) is 0. The van der Waals surface area contributed by atoms with Gasteiger partial charge in [-0.05, 0) is 44.7 Å². The summed E-state index contributed by atoms with van der Waals surface area (Å²) in [4.78, 5) is 19.0. The number of hydrogen-bond donors (Lipinski definition) is 1. The Bertz CT molecular complexity index is 697. The van der Waals surface area contributed by atoms with Gasteiger partial charge in [0.15, 0.2) is 11.5 Å². The van der Waals surface area contributed by atoms with E-state index in [4.69, 9.17) is 9.15 Å². The molecule has 3 heterocycles. The molecule has 6 nitrogen and oxygen atoms in total. The van der Waals surface area contributed by atoms with Crippen LogP contribution in [0.1, 0.15) is 44.4 Å². The van der Waals surface area contributed by atoms with E-state index in [9.17, 15) is 4.79 Å². The van der Waals surface area contributed by atoms with Crippen LogP contribution in [0, 0.1) is 0 Å². The highest BCUT2D eigenvalue weighted by Crippen LogP contribution is 2.30. The minimum atomic E-state index is 0.0130. The van der Waals surface area contributed by atoms with Gasteiger partial charge in [-0.3, -0.25) is 0 Å². The molecule has 6 heteroatoms. The lowest BCUT2D eigenvalue weighted by Crippen LogP contribution is -2.49. The molecule has 0 saturated carbocycles. The van der Waals surface area contributed by atoms with Crippen molar-refractivity contribution in [2.45, 2.75) is 50.7 Å². The number of carbonyl (C=O) groups excluding carboxylic acids is 1. The first kappa shape index (κ1) is 16.4. The number of carbonyl (C=O) groups is 1. The second-order valence-electron chi connectivity index (χ2n) is 7.07. The van der Waals surface area contributed by atoms with Crippen molar-refractivity contribution < 1.29 is 13.9 Å². The fourth-order valence-electron chi connectivity index (χ4n) is 3.77. The Hall–Kier alpha value is -2.08. The predicted molar refractivity (Wildman–Crippen MR) is 94.5 cm³/mol. The number of ether oxygens (including phenoxy) is 1. The van der Waals surface area contributed by atoms with Crippen LogP contribution in [0.5, 0.6) is 0 Å². The minimum absolute atomic E-state index is 0.0130. The van der Waals surface area contributed by atoms with Gasteiger partial charge in [0.05, 0.1) is 12.1 Å². The maximum atomic E-state index is 12.5. The lowest BCUT2D eigenvalue weighted by molar-refractivity contribution is 0.0823. The summed E-state index contributed by atoms with van der Waals surface area (Å²) in [6, 6.07) is 7.91. The molecule has 1 aromatic heterocycles. The summed E-state index contributed by atoms with van der Waals surface area (Å²) >= 11 is 0. The number of oxazole rings is 1. The van der Waals surface area contributed by atoms with Crippen molar-refractivity contribution in [3.63, 3.8) is 0 Å². The van der Waals surface area contributed by atoms with Crippen molar-refractivity contribution in [2.75, 3.05) is 19.7 Å². The highest BCUT2D eigenvalue weighted by atomic mass is 16.5. The first-order valence-electron chi connectivity index (χ1n) is 9.23. The summed E-state index contributed by atoms with van der Waals surface area (Å²) in [5.74, 6) is 1.08. The third kappa shape index (κ3) is 3.49. The van der Waals surface area contributed by atoms with Gasteiger partial charge in [0.2, 0.25) is 0 Å². The van der Waals surface area contributed by atoms with E-state index in [1.807, 2.05) is 36.1 Å². The summed E-state index contributed by atoms with van der Waals surface area (Å²) < 4.78 is 11.5. The first-order chi connectivity index (χ1) is 12.2. The van der Waals surface area contributed by atoms with Gasteiger partial charge < -0.3 is 19.4 Å². The van der Waals surface area contributed by atoms with Gasteiger partial charge >= 0.3 is 6.03 Å². The molecule has 2 fully saturated rings. The summed E-state index contributed by atoms with van der Waals surface area (Å²) in [6.45, 7) is 4.29. The molecule has 0 aliphatic carbocycles. The Kier molecular flexibility index (Phi) is 4.61. The number of hydrogen-bond acceptors (Lipinski definition) is 4. The van der Waals surface area contributed by atoms with Crippen LogP contribution in [-0.4, -0.2) is 47.8 Å². The van der Waals surface area contributed by atoms with E-state index in [2.05, 4.69) is 10.3 Å². The Balaban J connectivity index is 1.32. The summed E-state index contributed by atoms with van der Waals surface area (Å²) in [5.41, 5.74) is 1.74. The largest absolute Gasteiger partial charge is 0.440 e. The van der Waals surface area contributed by atoms with E-state index in [1.54, 1.807) is 0 Å². The number of urea groups is 1. The molecule has 0 spiro atoms. The first-order valence-corrected chi connectivity index (χ1v) is 9.23. The van der Waals surface area contributed by atoms with E-state index < -0.39 is 0 Å². The van der Waals surface area contributed by atoms with E-state index in [0.29, 0.717) is 0 Å². The minimum Gasteiger partial charge on any atom is -0.440 e. The van der Waals surface area contributed by atoms with Crippen LogP contribution < -0.4 is 5.32 Å². The zero-order valence-corrected chi connectivity index (χ0v) is 14.6. The third-order valence-electron chi connectivity index (χ3n) is 5.32. The molecular weight excluding hydrogens is 318 g/mol. The smallest absolute Gasteiger partial charge is 0.317 e. The fourth-order valence-corrected chi connectivity index (χ4v) is 3.77. The van der Waals surface area contributed by atoms with Crippen LogP contribution in [0.3, 0.4) is 0 Å². The molecule has 2 aliphatic rings. The standard InChI is InChI=1S/C19H25N3O3/c1-13(16-7-4-12-24-16)20-19(23)22-10-8-14(9-11-22)18-21-15-5-2-3-6-17(15)25-18/h2-3,5-6,13-14,16H,4,7-12H2,1H3,(H,20,23)/t13-,16+/m1/s1. The number of nitrogens with zero attached hydrogens (tertiary/aromatic N) is 2. The van der Waals surface area contributed by atoms with Gasteiger partial charge in [0.25, 0.3) is 0 Å². The van der Waals surface area contributed by atoms with Crippen LogP contribution in [0.15, 0.2) is 28.7 Å². The fraction of sp³-hybridized carbons (Fsp3) is 0.579. The van der Waals surface area contributed by atoms with Gasteiger partial charge in [-0.15, -0.1) is 0 Å². The molecule has 1 N–H and O–H groups in total. The van der Waals surface area contributed by atoms with E-state index in [0.717, 1.165) is 62.4 Å². The number of benzene rings is 1. The van der Waals surface area contributed by atoms with E-state index in [-0.39, 0.29) is 24.1 Å². The normalized spacial score (nSPS) is 23.1. The number of amides is 2. The third-order valence-corrected chi connectivity index (χ3v) is 5.32. The summed E-state index contributed by atoms with van der Waals surface area (Å²) in [6.07, 6.45) is 4.03. The topological polar surface area (TPSA) is 67.6 Å². The number of fused-ring (bicyclic) bond motifs is 1. The zero-order chi connectivity index (χ0) is 17.2. The molecule has 25 heavy (non-hydrogen) atoms. The molecule has 2 amide bonds. The van der Waals surface area contributed by atoms with Gasteiger partial charge in [0, 0.05) is 25.6 Å². The van der Waals surface area contributed by atoms with Gasteiger partial charge in [-0.25, -0.2) is 9.78 Å². The maximum Gasteiger partial charge on any atom is 0.317 e. The maximum absolute atomic E-state index is 12.5. The van der Waals surface area contributed by atoms with Crippen molar-refractivity contribution in [1.82, 2.24) is 15.2 Å². The lowest BCUT2D eigenvalue weighted by atomic mass is 9.97. The molecule has 4 rings (SSSR count). The van der Waals surface area contributed by atoms with Crippen molar-refractivity contribution in [2.24, 2.45) is 0 Å². The van der Waals surface area contributed by atoms with Crippen molar-refractivity contribution >= 4 is 17.1 Å². The zero-order valence-electron chi connectivity index (χ0n) is 14.6. The second kappa shape index (κ2) is 7.04. The van der Waals surface area contributed by atoms with E-state index in [1.165, 1.54) is 0 Å². The molecule has 2 atom stereocenters. The molecule has 0 unspecified atom stereocenters. The van der Waals surface area contributed by atoms with Crippen LogP contribution in [0.25, 0.3) is 11.1 Å². The quantitative estimate of drug-likeness (QED) is 0.929. The SMILES string of the molecule is C[C@@H](NC(=O)N1CCC(c2nc3ccccc3o2)CC1)[C@@H]1CCCO1. The molecule has 0 radical (unpaired) electrons. The van der Waals surface area contributed by atoms with Gasteiger partial charge in [-0.2, -0.15) is 0 Å². The number of aromatic nitrogens is 1. The molecule has 2 aromatic rings. The molecule has 0 bridgehead atoms. The Morgan fingerprint density at radius 2 is 2.08 bits per heavy atom. The number of rotatable bonds is 3. The van der Waals surface area contributed by atoms with Crippen molar-refractivity contribution in [3.05, 3.63) is 30.2 Å².